The molecule has 1 saturated carbocycles. The van der Waals surface area contributed by atoms with E-state index in [2.05, 4.69) is 31.3 Å². The summed E-state index contributed by atoms with van der Waals surface area (Å²) in [4.78, 5) is 10.5. The van der Waals surface area contributed by atoms with Crippen molar-refractivity contribution in [3.63, 3.8) is 0 Å². The van der Waals surface area contributed by atoms with E-state index in [0.29, 0.717) is 5.92 Å². The van der Waals surface area contributed by atoms with Gasteiger partial charge in [0.1, 0.15) is 0 Å². The average Bonchev–Trinajstić information content (AvgIpc) is 2.43. The van der Waals surface area contributed by atoms with Crippen LogP contribution in [-0.2, 0) is 0 Å². The number of nitrogens with zero attached hydrogens (tertiary/aromatic N) is 1. The summed E-state index contributed by atoms with van der Waals surface area (Å²) in [6, 6.07) is -0.607. The van der Waals surface area contributed by atoms with Gasteiger partial charge in [-0.05, 0) is 32.3 Å². The SMILES string of the molecule is CC(C)=C1CCC(C)C1=NNC(N)=O. The highest BCUT2D eigenvalue weighted by molar-refractivity contribution is 6.04. The first-order valence-corrected chi connectivity index (χ1v) is 4.82. The smallest absolute Gasteiger partial charge is 0.332 e. The Bertz CT molecular complexity index is 300. The van der Waals surface area contributed by atoms with Crippen LogP contribution in [0.3, 0.4) is 0 Å². The number of rotatable bonds is 1. The van der Waals surface area contributed by atoms with Crippen LogP contribution in [0.4, 0.5) is 4.79 Å². The van der Waals surface area contributed by atoms with Crippen LogP contribution in [0.1, 0.15) is 33.6 Å². The molecule has 1 rings (SSSR count). The van der Waals surface area contributed by atoms with Crippen molar-refractivity contribution in [1.29, 1.82) is 0 Å². The Labute approximate surface area is 84.2 Å². The quantitative estimate of drug-likeness (QED) is 0.615. The Morgan fingerprint density at radius 3 is 2.71 bits per heavy atom. The molecule has 1 unspecified atom stereocenters. The summed E-state index contributed by atoms with van der Waals surface area (Å²) in [6.07, 6.45) is 2.14. The van der Waals surface area contributed by atoms with Crippen LogP contribution in [0.5, 0.6) is 0 Å². The highest BCUT2D eigenvalue weighted by atomic mass is 16.2. The fraction of sp³-hybridized carbons (Fsp3) is 0.600. The first-order valence-electron chi connectivity index (χ1n) is 4.82. The molecule has 1 atom stereocenters. The normalized spacial score (nSPS) is 24.1. The van der Waals surface area contributed by atoms with Crippen LogP contribution in [0.25, 0.3) is 0 Å². The third kappa shape index (κ3) is 2.34. The van der Waals surface area contributed by atoms with Gasteiger partial charge >= 0.3 is 6.03 Å². The third-order valence-electron chi connectivity index (χ3n) is 2.49. The molecule has 0 aromatic rings. The molecule has 4 heteroatoms. The summed E-state index contributed by atoms with van der Waals surface area (Å²) in [6.45, 7) is 6.23. The predicted molar refractivity (Wildman–Crippen MR) is 56.9 cm³/mol. The number of amides is 2. The van der Waals surface area contributed by atoms with Gasteiger partial charge in [0, 0.05) is 5.92 Å². The van der Waals surface area contributed by atoms with Crippen molar-refractivity contribution in [3.05, 3.63) is 11.1 Å². The molecule has 0 aliphatic heterocycles. The molecule has 14 heavy (non-hydrogen) atoms. The molecule has 1 fully saturated rings. The minimum Gasteiger partial charge on any atom is -0.350 e. The van der Waals surface area contributed by atoms with E-state index in [1.807, 2.05) is 0 Å². The molecule has 3 N–H and O–H groups in total. The summed E-state index contributed by atoms with van der Waals surface area (Å²) in [7, 11) is 0. The zero-order chi connectivity index (χ0) is 10.7. The summed E-state index contributed by atoms with van der Waals surface area (Å²) in [5.41, 5.74) is 10.8. The summed E-state index contributed by atoms with van der Waals surface area (Å²) >= 11 is 0. The Morgan fingerprint density at radius 1 is 1.57 bits per heavy atom. The van der Waals surface area contributed by atoms with E-state index in [9.17, 15) is 4.79 Å². The van der Waals surface area contributed by atoms with Crippen molar-refractivity contribution in [3.8, 4) is 0 Å². The zero-order valence-corrected chi connectivity index (χ0v) is 8.92. The number of hydrazone groups is 1. The van der Waals surface area contributed by atoms with Crippen molar-refractivity contribution in [2.75, 3.05) is 0 Å². The van der Waals surface area contributed by atoms with Crippen molar-refractivity contribution in [2.24, 2.45) is 16.8 Å². The number of nitrogens with one attached hydrogen (secondary N) is 1. The Hall–Kier alpha value is -1.32. The summed E-state index contributed by atoms with van der Waals surface area (Å²) in [5, 5.41) is 4.04. The second kappa shape index (κ2) is 4.26. The van der Waals surface area contributed by atoms with Gasteiger partial charge < -0.3 is 5.73 Å². The van der Waals surface area contributed by atoms with Gasteiger partial charge in [-0.3, -0.25) is 0 Å². The van der Waals surface area contributed by atoms with Gasteiger partial charge in [0.25, 0.3) is 0 Å². The molecule has 0 bridgehead atoms. The lowest BCUT2D eigenvalue weighted by Crippen LogP contribution is -2.26. The van der Waals surface area contributed by atoms with Crippen LogP contribution in [0, 0.1) is 5.92 Å². The van der Waals surface area contributed by atoms with E-state index in [1.54, 1.807) is 0 Å². The van der Waals surface area contributed by atoms with Gasteiger partial charge in [0.2, 0.25) is 0 Å². The topological polar surface area (TPSA) is 67.5 Å². The zero-order valence-electron chi connectivity index (χ0n) is 8.92. The van der Waals surface area contributed by atoms with Crippen LogP contribution >= 0.6 is 0 Å². The van der Waals surface area contributed by atoms with Crippen LogP contribution in [0.2, 0.25) is 0 Å². The maximum Gasteiger partial charge on any atom is 0.332 e. The molecule has 78 valence electrons. The molecule has 0 heterocycles. The Morgan fingerprint density at radius 2 is 2.21 bits per heavy atom. The van der Waals surface area contributed by atoms with Crippen LogP contribution in [0.15, 0.2) is 16.2 Å². The first kappa shape index (κ1) is 10.8. The summed E-state index contributed by atoms with van der Waals surface area (Å²) < 4.78 is 0. The monoisotopic (exact) mass is 195 g/mol. The number of hydrogen-bond acceptors (Lipinski definition) is 2. The number of carbonyl (C=O) groups excluding carboxylic acids is 1. The Balaban J connectivity index is 2.88. The Kier molecular flexibility index (Phi) is 3.28. The van der Waals surface area contributed by atoms with Gasteiger partial charge in [-0.2, -0.15) is 5.10 Å². The van der Waals surface area contributed by atoms with Gasteiger partial charge in [0.15, 0.2) is 0 Å². The largest absolute Gasteiger partial charge is 0.350 e. The minimum atomic E-state index is -0.607. The van der Waals surface area contributed by atoms with E-state index in [-0.39, 0.29) is 0 Å². The van der Waals surface area contributed by atoms with Crippen molar-refractivity contribution < 1.29 is 4.79 Å². The average molecular weight is 195 g/mol. The molecular weight excluding hydrogens is 178 g/mol. The molecule has 1 aliphatic rings. The van der Waals surface area contributed by atoms with E-state index < -0.39 is 6.03 Å². The van der Waals surface area contributed by atoms with Crippen LogP contribution < -0.4 is 11.2 Å². The fourth-order valence-corrected chi connectivity index (χ4v) is 1.72. The van der Waals surface area contributed by atoms with E-state index in [0.717, 1.165) is 18.6 Å². The standard InChI is InChI=1S/C10H17N3O/c1-6(2)8-5-4-7(3)9(8)12-13-10(11)14/h7H,4-5H2,1-3H3,(H3,11,13,14). The third-order valence-corrected chi connectivity index (χ3v) is 2.49. The molecule has 1 aliphatic carbocycles. The molecule has 0 aromatic carbocycles. The van der Waals surface area contributed by atoms with Gasteiger partial charge in [-0.1, -0.05) is 12.5 Å². The first-order chi connectivity index (χ1) is 6.52. The number of urea groups is 1. The number of carbonyl (C=O) groups is 1. The van der Waals surface area contributed by atoms with E-state index in [1.165, 1.54) is 11.1 Å². The lowest BCUT2D eigenvalue weighted by molar-refractivity contribution is 0.249. The van der Waals surface area contributed by atoms with Gasteiger partial charge in [0.05, 0.1) is 5.71 Å². The van der Waals surface area contributed by atoms with Crippen LogP contribution in [-0.4, -0.2) is 11.7 Å². The molecule has 0 saturated heterocycles. The van der Waals surface area contributed by atoms with Gasteiger partial charge in [-0.25, -0.2) is 10.2 Å². The maximum atomic E-state index is 10.5. The molecule has 0 spiro atoms. The van der Waals surface area contributed by atoms with Crippen molar-refractivity contribution in [1.82, 2.24) is 5.43 Å². The van der Waals surface area contributed by atoms with E-state index >= 15 is 0 Å². The maximum absolute atomic E-state index is 10.5. The molecule has 4 nitrogen and oxygen atoms in total. The highest BCUT2D eigenvalue weighted by Gasteiger charge is 2.24. The number of hydrogen-bond donors (Lipinski definition) is 2. The molecule has 0 aromatic heterocycles. The van der Waals surface area contributed by atoms with E-state index in [4.69, 9.17) is 5.73 Å². The summed E-state index contributed by atoms with van der Waals surface area (Å²) in [5.74, 6) is 0.409. The second-order valence-corrected chi connectivity index (χ2v) is 3.89. The lowest BCUT2D eigenvalue weighted by atomic mass is 10.1. The highest BCUT2D eigenvalue weighted by Crippen LogP contribution is 2.29. The van der Waals surface area contributed by atoms with Gasteiger partial charge in [-0.15, -0.1) is 0 Å². The number of allylic oxidation sites excluding steroid dienone is 2. The minimum absolute atomic E-state index is 0.409. The van der Waals surface area contributed by atoms with Crippen molar-refractivity contribution in [2.45, 2.75) is 33.6 Å². The van der Waals surface area contributed by atoms with Crippen molar-refractivity contribution >= 4 is 11.7 Å². The lowest BCUT2D eigenvalue weighted by Gasteiger charge is -2.06. The number of nitrogens with two attached hydrogens (primary N) is 1. The predicted octanol–water partition coefficient (Wildman–Crippen LogP) is 1.78. The molecular formula is C10H17N3O. The fourth-order valence-electron chi connectivity index (χ4n) is 1.72. The molecule has 0 radical (unpaired) electrons. The molecule has 2 amide bonds. The number of primary amides is 1. The second-order valence-electron chi connectivity index (χ2n) is 3.89.